The van der Waals surface area contributed by atoms with Crippen LogP contribution in [-0.2, 0) is 11.3 Å². The van der Waals surface area contributed by atoms with Crippen molar-refractivity contribution in [3.05, 3.63) is 84.6 Å². The van der Waals surface area contributed by atoms with Crippen LogP contribution in [-0.4, -0.2) is 29.1 Å². The number of carbonyl (C=O) groups excluding carboxylic acids is 1. The lowest BCUT2D eigenvalue weighted by atomic mass is 10.1. The van der Waals surface area contributed by atoms with Crippen LogP contribution in [0.3, 0.4) is 0 Å². The van der Waals surface area contributed by atoms with Crippen molar-refractivity contribution >= 4 is 16.9 Å². The van der Waals surface area contributed by atoms with Crippen LogP contribution in [0.25, 0.3) is 22.3 Å². The minimum absolute atomic E-state index is 0.199. The topological polar surface area (TPSA) is 73.3 Å². The van der Waals surface area contributed by atoms with Crippen molar-refractivity contribution < 1.29 is 14.3 Å². The summed E-state index contributed by atoms with van der Waals surface area (Å²) >= 11 is 0. The summed E-state index contributed by atoms with van der Waals surface area (Å²) in [5.41, 5.74) is 4.33. The van der Waals surface area contributed by atoms with E-state index in [1.807, 2.05) is 72.8 Å². The quantitative estimate of drug-likeness (QED) is 0.486. The van der Waals surface area contributed by atoms with Gasteiger partial charge in [-0.05, 0) is 49.4 Å². The number of fused-ring (bicyclic) bond motifs is 1. The Bertz CT molecular complexity index is 1190. The molecule has 0 unspecified atom stereocenters. The summed E-state index contributed by atoms with van der Waals surface area (Å²) in [6, 6.07) is 22.8. The number of para-hydroxylation sites is 3. The van der Waals surface area contributed by atoms with E-state index in [1.165, 1.54) is 0 Å². The van der Waals surface area contributed by atoms with E-state index in [2.05, 4.69) is 15.3 Å². The molecule has 6 nitrogen and oxygen atoms in total. The van der Waals surface area contributed by atoms with Crippen LogP contribution >= 0.6 is 0 Å². The summed E-state index contributed by atoms with van der Waals surface area (Å²) in [6.07, 6.45) is 1.12. The molecule has 0 radical (unpaired) electrons. The fourth-order valence-corrected chi connectivity index (χ4v) is 3.23. The highest BCUT2D eigenvalue weighted by atomic mass is 16.5. The molecule has 1 N–H and O–H groups in total. The molecule has 0 bridgehead atoms. The summed E-state index contributed by atoms with van der Waals surface area (Å²) in [5.74, 6) is 1.15. The Labute approximate surface area is 180 Å². The number of benzene rings is 3. The van der Waals surface area contributed by atoms with Gasteiger partial charge in [-0.2, -0.15) is 0 Å². The number of methoxy groups -OCH3 is 1. The first-order valence-electron chi connectivity index (χ1n) is 10.0. The van der Waals surface area contributed by atoms with Gasteiger partial charge in [0, 0.05) is 17.7 Å². The second kappa shape index (κ2) is 9.26. The van der Waals surface area contributed by atoms with Gasteiger partial charge in [-0.15, -0.1) is 0 Å². The highest BCUT2D eigenvalue weighted by Crippen LogP contribution is 2.23. The van der Waals surface area contributed by atoms with E-state index in [4.69, 9.17) is 9.47 Å². The van der Waals surface area contributed by atoms with Crippen molar-refractivity contribution in [3.63, 3.8) is 0 Å². The molecule has 156 valence electrons. The minimum Gasteiger partial charge on any atom is -0.496 e. The van der Waals surface area contributed by atoms with Crippen molar-refractivity contribution in [1.29, 1.82) is 0 Å². The van der Waals surface area contributed by atoms with E-state index in [0.29, 0.717) is 12.3 Å². The van der Waals surface area contributed by atoms with Crippen molar-refractivity contribution in [2.24, 2.45) is 0 Å². The van der Waals surface area contributed by atoms with Gasteiger partial charge < -0.3 is 14.8 Å². The number of amides is 1. The molecular weight excluding hydrogens is 390 g/mol. The van der Waals surface area contributed by atoms with Crippen molar-refractivity contribution in [2.75, 3.05) is 7.11 Å². The smallest absolute Gasteiger partial charge is 0.261 e. The van der Waals surface area contributed by atoms with Gasteiger partial charge in [0.15, 0.2) is 6.10 Å². The number of rotatable bonds is 7. The van der Waals surface area contributed by atoms with Gasteiger partial charge in [-0.25, -0.2) is 4.98 Å². The van der Waals surface area contributed by atoms with Gasteiger partial charge in [0.1, 0.15) is 11.5 Å². The van der Waals surface area contributed by atoms with Crippen LogP contribution in [0.4, 0.5) is 0 Å². The minimum atomic E-state index is -0.638. The van der Waals surface area contributed by atoms with E-state index < -0.39 is 6.10 Å². The van der Waals surface area contributed by atoms with E-state index >= 15 is 0 Å². The Morgan fingerprint density at radius 1 is 0.968 bits per heavy atom. The van der Waals surface area contributed by atoms with Gasteiger partial charge in [0.25, 0.3) is 5.91 Å². The lowest BCUT2D eigenvalue weighted by Gasteiger charge is -2.16. The normalized spacial score (nSPS) is 11.7. The number of hydrogen-bond donors (Lipinski definition) is 1. The molecule has 0 aliphatic carbocycles. The summed E-state index contributed by atoms with van der Waals surface area (Å²) in [7, 11) is 1.61. The zero-order valence-electron chi connectivity index (χ0n) is 17.4. The Morgan fingerprint density at radius 2 is 1.68 bits per heavy atom. The van der Waals surface area contributed by atoms with Crippen LogP contribution in [0.15, 0.2) is 79.0 Å². The molecule has 4 rings (SSSR count). The van der Waals surface area contributed by atoms with E-state index in [0.717, 1.165) is 33.6 Å². The number of carbonyl (C=O) groups is 1. The van der Waals surface area contributed by atoms with Gasteiger partial charge in [-0.1, -0.05) is 30.3 Å². The highest BCUT2D eigenvalue weighted by molar-refractivity contribution is 5.81. The maximum Gasteiger partial charge on any atom is 0.261 e. The molecule has 0 spiro atoms. The molecular formula is C25H23N3O3. The Balaban J connectivity index is 1.38. The Morgan fingerprint density at radius 3 is 2.45 bits per heavy atom. The third kappa shape index (κ3) is 4.80. The number of nitrogens with zero attached hydrogens (tertiary/aromatic N) is 2. The monoisotopic (exact) mass is 413 g/mol. The molecule has 0 fully saturated rings. The third-order valence-corrected chi connectivity index (χ3v) is 4.93. The standard InChI is InChI=1S/C25H23N3O3/c1-17(25(29)27-15-19-7-3-6-10-24(19)30-2)31-20-13-11-18(12-14-20)23-16-26-21-8-4-5-9-22(21)28-23/h3-14,16-17H,15H2,1-2H3,(H,27,29)/t17-/m0/s1. The molecule has 1 atom stereocenters. The maximum absolute atomic E-state index is 12.4. The lowest BCUT2D eigenvalue weighted by Crippen LogP contribution is -2.35. The first-order chi connectivity index (χ1) is 15.1. The van der Waals surface area contributed by atoms with Crippen molar-refractivity contribution in [2.45, 2.75) is 19.6 Å². The SMILES string of the molecule is COc1ccccc1CNC(=O)[C@H](C)Oc1ccc(-c2cnc3ccccc3n2)cc1. The highest BCUT2D eigenvalue weighted by Gasteiger charge is 2.15. The number of ether oxygens (including phenoxy) is 2. The van der Waals surface area contributed by atoms with Crippen LogP contribution in [0.2, 0.25) is 0 Å². The van der Waals surface area contributed by atoms with Gasteiger partial charge in [0.2, 0.25) is 0 Å². The van der Waals surface area contributed by atoms with Crippen LogP contribution in [0.1, 0.15) is 12.5 Å². The summed E-state index contributed by atoms with van der Waals surface area (Å²) in [6.45, 7) is 2.09. The largest absolute Gasteiger partial charge is 0.496 e. The second-order valence-corrected chi connectivity index (χ2v) is 7.06. The molecule has 31 heavy (non-hydrogen) atoms. The van der Waals surface area contributed by atoms with Gasteiger partial charge >= 0.3 is 0 Å². The molecule has 1 heterocycles. The molecule has 3 aromatic carbocycles. The second-order valence-electron chi connectivity index (χ2n) is 7.06. The Kier molecular flexibility index (Phi) is 6.08. The number of aromatic nitrogens is 2. The summed E-state index contributed by atoms with van der Waals surface area (Å²) < 4.78 is 11.1. The fraction of sp³-hybridized carbons (Fsp3) is 0.160. The molecule has 0 saturated carbocycles. The van der Waals surface area contributed by atoms with Crippen LogP contribution in [0.5, 0.6) is 11.5 Å². The predicted molar refractivity (Wildman–Crippen MR) is 120 cm³/mol. The molecule has 1 aromatic heterocycles. The Hall–Kier alpha value is -3.93. The molecule has 1 amide bonds. The first-order valence-corrected chi connectivity index (χ1v) is 10.0. The van der Waals surface area contributed by atoms with Crippen LogP contribution < -0.4 is 14.8 Å². The maximum atomic E-state index is 12.4. The van der Waals surface area contributed by atoms with Gasteiger partial charge in [0.05, 0.1) is 30.0 Å². The average molecular weight is 413 g/mol. The van der Waals surface area contributed by atoms with Crippen molar-refractivity contribution in [3.8, 4) is 22.8 Å². The zero-order chi connectivity index (χ0) is 21.6. The number of hydrogen-bond acceptors (Lipinski definition) is 5. The molecule has 4 aromatic rings. The summed E-state index contributed by atoms with van der Waals surface area (Å²) in [4.78, 5) is 21.5. The summed E-state index contributed by atoms with van der Waals surface area (Å²) in [5, 5.41) is 2.89. The zero-order valence-corrected chi connectivity index (χ0v) is 17.4. The predicted octanol–water partition coefficient (Wildman–Crippen LogP) is 4.39. The number of nitrogens with one attached hydrogen (secondary N) is 1. The fourth-order valence-electron chi connectivity index (χ4n) is 3.23. The molecule has 0 aliphatic heterocycles. The first kappa shape index (κ1) is 20.3. The molecule has 0 saturated heterocycles. The average Bonchev–Trinajstić information content (AvgIpc) is 2.82. The van der Waals surface area contributed by atoms with Gasteiger partial charge in [-0.3, -0.25) is 9.78 Å². The van der Waals surface area contributed by atoms with E-state index in [1.54, 1.807) is 20.2 Å². The molecule has 6 heteroatoms. The third-order valence-electron chi connectivity index (χ3n) is 4.93. The van der Waals surface area contributed by atoms with E-state index in [-0.39, 0.29) is 5.91 Å². The van der Waals surface area contributed by atoms with Crippen molar-refractivity contribution in [1.82, 2.24) is 15.3 Å². The van der Waals surface area contributed by atoms with Crippen LogP contribution in [0, 0.1) is 0 Å². The van der Waals surface area contributed by atoms with E-state index in [9.17, 15) is 4.79 Å². The lowest BCUT2D eigenvalue weighted by molar-refractivity contribution is -0.127. The molecule has 0 aliphatic rings.